The normalized spacial score (nSPS) is 11.5. The van der Waals surface area contributed by atoms with Crippen LogP contribution >= 0.6 is 0 Å². The molecular formula is C17H15F2NO4. The number of esters is 1. The van der Waals surface area contributed by atoms with Crippen LogP contribution in [0.5, 0.6) is 5.75 Å². The van der Waals surface area contributed by atoms with Gasteiger partial charge < -0.3 is 14.8 Å². The number of carbonyl (C=O) groups is 2. The van der Waals surface area contributed by atoms with Crippen molar-refractivity contribution in [1.29, 1.82) is 0 Å². The summed E-state index contributed by atoms with van der Waals surface area (Å²) in [6, 6.07) is 10.2. The number of hydrogen-bond donors (Lipinski definition) is 1. The van der Waals surface area contributed by atoms with Gasteiger partial charge in [0.15, 0.2) is 24.2 Å². The molecule has 0 fully saturated rings. The molecule has 24 heavy (non-hydrogen) atoms. The van der Waals surface area contributed by atoms with Gasteiger partial charge in [-0.05, 0) is 17.7 Å². The van der Waals surface area contributed by atoms with Crippen LogP contribution in [0.25, 0.3) is 0 Å². The van der Waals surface area contributed by atoms with E-state index in [9.17, 15) is 18.4 Å². The average molecular weight is 335 g/mol. The fourth-order valence-corrected chi connectivity index (χ4v) is 1.98. The van der Waals surface area contributed by atoms with E-state index in [0.717, 1.165) is 12.1 Å². The third kappa shape index (κ3) is 4.52. The lowest BCUT2D eigenvalue weighted by Gasteiger charge is -2.17. The zero-order valence-electron chi connectivity index (χ0n) is 12.8. The molecule has 0 heterocycles. The minimum Gasteiger partial charge on any atom is -0.481 e. The Hall–Kier alpha value is -2.96. The van der Waals surface area contributed by atoms with Gasteiger partial charge in [-0.2, -0.15) is 0 Å². The maximum Gasteiger partial charge on any atom is 0.333 e. The summed E-state index contributed by atoms with van der Waals surface area (Å²) in [6.45, 7) is -0.539. The van der Waals surface area contributed by atoms with E-state index < -0.39 is 36.2 Å². The van der Waals surface area contributed by atoms with Gasteiger partial charge in [-0.15, -0.1) is 0 Å². The summed E-state index contributed by atoms with van der Waals surface area (Å²) in [5.74, 6) is -3.24. The topological polar surface area (TPSA) is 64.6 Å². The van der Waals surface area contributed by atoms with E-state index >= 15 is 0 Å². The molecule has 1 atom stereocenters. The van der Waals surface area contributed by atoms with Crippen LogP contribution in [0.1, 0.15) is 11.6 Å². The Morgan fingerprint density at radius 1 is 1.12 bits per heavy atom. The van der Waals surface area contributed by atoms with Gasteiger partial charge >= 0.3 is 5.97 Å². The fraction of sp³-hybridized carbons (Fsp3) is 0.176. The molecule has 0 aromatic heterocycles. The van der Waals surface area contributed by atoms with Gasteiger partial charge in [-0.25, -0.2) is 13.6 Å². The Labute approximate surface area is 137 Å². The summed E-state index contributed by atoms with van der Waals surface area (Å²) in [4.78, 5) is 23.8. The highest BCUT2D eigenvalue weighted by Crippen LogP contribution is 2.18. The third-order valence-corrected chi connectivity index (χ3v) is 3.13. The molecule has 2 aromatic rings. The monoisotopic (exact) mass is 335 g/mol. The van der Waals surface area contributed by atoms with Crippen molar-refractivity contribution in [3.05, 3.63) is 65.7 Å². The van der Waals surface area contributed by atoms with Crippen LogP contribution < -0.4 is 10.1 Å². The van der Waals surface area contributed by atoms with Gasteiger partial charge in [0.25, 0.3) is 5.91 Å². The maximum absolute atomic E-state index is 13.4. The highest BCUT2D eigenvalue weighted by atomic mass is 19.1. The van der Waals surface area contributed by atoms with Gasteiger partial charge in [0.05, 0.1) is 7.11 Å². The number of amides is 1. The molecule has 0 spiro atoms. The van der Waals surface area contributed by atoms with Crippen LogP contribution in [-0.2, 0) is 14.3 Å². The standard InChI is InChI=1S/C17H15F2NO4/c1-23-17(22)16(11-5-3-2-4-6-11)20-15(21)10-24-14-8-7-12(18)9-13(14)19/h2-9,16H,10H2,1H3,(H,20,21)/t16-/m1/s1. The first-order valence-electron chi connectivity index (χ1n) is 7.01. The first-order chi connectivity index (χ1) is 11.5. The van der Waals surface area contributed by atoms with Crippen LogP contribution in [0, 0.1) is 11.6 Å². The van der Waals surface area contributed by atoms with Gasteiger partial charge in [-0.1, -0.05) is 30.3 Å². The molecule has 1 amide bonds. The molecule has 2 aromatic carbocycles. The van der Waals surface area contributed by atoms with Crippen LogP contribution in [0.3, 0.4) is 0 Å². The van der Waals surface area contributed by atoms with Crippen molar-refractivity contribution in [1.82, 2.24) is 5.32 Å². The SMILES string of the molecule is COC(=O)[C@H](NC(=O)COc1ccc(F)cc1F)c1ccccc1. The maximum atomic E-state index is 13.4. The van der Waals surface area contributed by atoms with Gasteiger partial charge in [0.1, 0.15) is 5.82 Å². The number of rotatable bonds is 6. The molecule has 0 saturated heterocycles. The lowest BCUT2D eigenvalue weighted by Crippen LogP contribution is -2.37. The van der Waals surface area contributed by atoms with E-state index in [-0.39, 0.29) is 5.75 Å². The molecule has 5 nitrogen and oxygen atoms in total. The molecule has 0 aliphatic heterocycles. The molecule has 126 valence electrons. The van der Waals surface area contributed by atoms with Crippen LogP contribution in [0.2, 0.25) is 0 Å². The number of methoxy groups -OCH3 is 1. The Morgan fingerprint density at radius 2 is 1.83 bits per heavy atom. The molecule has 1 N–H and O–H groups in total. The predicted octanol–water partition coefficient (Wildman–Crippen LogP) is 2.37. The summed E-state index contributed by atoms with van der Waals surface area (Å²) < 4.78 is 35.9. The van der Waals surface area contributed by atoms with Crippen molar-refractivity contribution in [3.8, 4) is 5.75 Å². The summed E-state index contributed by atoms with van der Waals surface area (Å²) in [6.07, 6.45) is 0. The van der Waals surface area contributed by atoms with E-state index in [4.69, 9.17) is 4.74 Å². The van der Waals surface area contributed by atoms with Crippen molar-refractivity contribution in [3.63, 3.8) is 0 Å². The van der Waals surface area contributed by atoms with Crippen molar-refractivity contribution < 1.29 is 27.8 Å². The average Bonchev–Trinajstić information content (AvgIpc) is 2.59. The zero-order chi connectivity index (χ0) is 17.5. The first kappa shape index (κ1) is 17.4. The van der Waals surface area contributed by atoms with Crippen molar-refractivity contribution in [2.75, 3.05) is 13.7 Å². The first-order valence-corrected chi connectivity index (χ1v) is 7.01. The number of carbonyl (C=O) groups excluding carboxylic acids is 2. The molecule has 0 radical (unpaired) electrons. The second-order valence-electron chi connectivity index (χ2n) is 4.80. The number of hydrogen-bond acceptors (Lipinski definition) is 4. The van der Waals surface area contributed by atoms with Crippen LogP contribution in [0.4, 0.5) is 8.78 Å². The Bertz CT molecular complexity index is 722. The molecule has 0 aliphatic rings. The second-order valence-corrected chi connectivity index (χ2v) is 4.80. The number of halogens is 2. The molecule has 0 bridgehead atoms. The minimum absolute atomic E-state index is 0.263. The van der Waals surface area contributed by atoms with Crippen molar-refractivity contribution in [2.24, 2.45) is 0 Å². The van der Waals surface area contributed by atoms with E-state index in [1.165, 1.54) is 7.11 Å². The number of nitrogens with one attached hydrogen (secondary N) is 1. The Balaban J connectivity index is 2.01. The summed E-state index contributed by atoms with van der Waals surface area (Å²) >= 11 is 0. The Kier molecular flexibility index (Phi) is 5.83. The number of ether oxygens (including phenoxy) is 2. The summed E-state index contributed by atoms with van der Waals surface area (Å²) in [7, 11) is 1.20. The molecule has 0 saturated carbocycles. The lowest BCUT2D eigenvalue weighted by atomic mass is 10.1. The molecule has 7 heteroatoms. The largest absolute Gasteiger partial charge is 0.481 e. The van der Waals surface area contributed by atoms with E-state index in [0.29, 0.717) is 11.6 Å². The highest BCUT2D eigenvalue weighted by molar-refractivity contribution is 5.86. The second kappa shape index (κ2) is 8.05. The molecule has 0 unspecified atom stereocenters. The third-order valence-electron chi connectivity index (χ3n) is 3.13. The molecule has 0 aliphatic carbocycles. The van der Waals surface area contributed by atoms with Crippen molar-refractivity contribution >= 4 is 11.9 Å². The quantitative estimate of drug-likeness (QED) is 0.823. The van der Waals surface area contributed by atoms with Crippen LogP contribution in [-0.4, -0.2) is 25.6 Å². The van der Waals surface area contributed by atoms with Crippen molar-refractivity contribution in [2.45, 2.75) is 6.04 Å². The van der Waals surface area contributed by atoms with Gasteiger partial charge in [-0.3, -0.25) is 4.79 Å². The smallest absolute Gasteiger partial charge is 0.333 e. The summed E-state index contributed by atoms with van der Waals surface area (Å²) in [5, 5.41) is 2.45. The zero-order valence-corrected chi connectivity index (χ0v) is 12.8. The summed E-state index contributed by atoms with van der Waals surface area (Å²) in [5.41, 5.74) is 0.533. The lowest BCUT2D eigenvalue weighted by molar-refractivity contribution is -0.145. The number of benzene rings is 2. The van der Waals surface area contributed by atoms with E-state index in [1.54, 1.807) is 30.3 Å². The predicted molar refractivity (Wildman–Crippen MR) is 81.2 cm³/mol. The van der Waals surface area contributed by atoms with Gasteiger partial charge in [0.2, 0.25) is 0 Å². The molecule has 2 rings (SSSR count). The fourth-order valence-electron chi connectivity index (χ4n) is 1.98. The Morgan fingerprint density at radius 3 is 2.46 bits per heavy atom. The van der Waals surface area contributed by atoms with Gasteiger partial charge in [0, 0.05) is 6.07 Å². The highest BCUT2D eigenvalue weighted by Gasteiger charge is 2.23. The van der Waals surface area contributed by atoms with E-state index in [1.807, 2.05) is 0 Å². The molecular weight excluding hydrogens is 320 g/mol. The van der Waals surface area contributed by atoms with E-state index in [2.05, 4.69) is 10.1 Å². The minimum atomic E-state index is -1.01. The van der Waals surface area contributed by atoms with Crippen LogP contribution in [0.15, 0.2) is 48.5 Å².